The third kappa shape index (κ3) is 5.36. The average molecular weight is 767 g/mol. The Morgan fingerprint density at radius 1 is 0.492 bits per heavy atom. The van der Waals surface area contributed by atoms with Crippen LogP contribution < -0.4 is 10.2 Å². The standard InChI is InChI=1S/C55H46N2O2/c1-7-34-22-23-35(28-33(34)6)57(48-19-13-17-41-37-15-9-11-21-51(37)59-55(41)48)49-30-45(32(4)5)39-24-26-42-47(29-44(31(2)3)38-25-27-43(49)53(39)52(38)42)56-46-18-12-16-40-36-14-8-10-20-50(36)58-54(40)46/h8-32,56H,7H2,1-6H3. The van der Waals surface area contributed by atoms with Crippen LogP contribution in [0.5, 0.6) is 0 Å². The molecule has 59 heavy (non-hydrogen) atoms. The number of anilines is 5. The summed E-state index contributed by atoms with van der Waals surface area (Å²) in [7, 11) is 0. The molecule has 0 aliphatic heterocycles. The summed E-state index contributed by atoms with van der Waals surface area (Å²) in [6, 6.07) is 50.9. The third-order valence-electron chi connectivity index (χ3n) is 12.7. The Bertz CT molecular complexity index is 3440. The van der Waals surface area contributed by atoms with E-state index in [1.807, 2.05) is 12.1 Å². The number of furan rings is 2. The van der Waals surface area contributed by atoms with Gasteiger partial charge in [-0.2, -0.15) is 0 Å². The van der Waals surface area contributed by atoms with Crippen molar-refractivity contribution in [3.8, 4) is 0 Å². The van der Waals surface area contributed by atoms with Gasteiger partial charge in [-0.3, -0.25) is 0 Å². The van der Waals surface area contributed by atoms with Gasteiger partial charge in [0.15, 0.2) is 11.2 Å². The maximum Gasteiger partial charge on any atom is 0.159 e. The molecular formula is C55H46N2O2. The SMILES string of the molecule is CCc1ccc(N(c2cc(C(C)C)c3ccc4c(Nc5cccc6c5oc5ccccc56)cc(C(C)C)c5ccc2c3c45)c2cccc3c2oc2ccccc23)cc1C. The molecule has 0 unspecified atom stereocenters. The summed E-state index contributed by atoms with van der Waals surface area (Å²) in [6.45, 7) is 13.7. The van der Waals surface area contributed by atoms with Crippen LogP contribution in [-0.4, -0.2) is 0 Å². The number of fused-ring (bicyclic) bond motifs is 6. The van der Waals surface area contributed by atoms with Gasteiger partial charge in [0.1, 0.15) is 11.2 Å². The maximum absolute atomic E-state index is 6.79. The van der Waals surface area contributed by atoms with Gasteiger partial charge in [0, 0.05) is 43.7 Å². The molecule has 288 valence electrons. The van der Waals surface area contributed by atoms with E-state index >= 15 is 0 Å². The van der Waals surface area contributed by atoms with Crippen LogP contribution in [0, 0.1) is 6.92 Å². The van der Waals surface area contributed by atoms with E-state index in [0.717, 1.165) is 78.7 Å². The van der Waals surface area contributed by atoms with E-state index in [0.29, 0.717) is 5.92 Å². The highest BCUT2D eigenvalue weighted by molar-refractivity contribution is 6.29. The summed E-state index contributed by atoms with van der Waals surface area (Å²) in [5.41, 5.74) is 14.1. The second-order valence-corrected chi connectivity index (χ2v) is 16.8. The number of benzene rings is 9. The lowest BCUT2D eigenvalue weighted by atomic mass is 9.84. The first kappa shape index (κ1) is 35.4. The Morgan fingerprint density at radius 3 is 1.75 bits per heavy atom. The number of hydrogen-bond acceptors (Lipinski definition) is 4. The minimum absolute atomic E-state index is 0.277. The van der Waals surface area contributed by atoms with Crippen LogP contribution in [0.4, 0.5) is 28.4 Å². The Hall–Kier alpha value is -6.78. The monoisotopic (exact) mass is 766 g/mol. The minimum atomic E-state index is 0.277. The summed E-state index contributed by atoms with van der Waals surface area (Å²) in [6.07, 6.45) is 0.987. The molecule has 4 heteroatoms. The van der Waals surface area contributed by atoms with Crippen molar-refractivity contribution in [2.45, 2.75) is 59.8 Å². The number of aryl methyl sites for hydroxylation is 2. The molecule has 2 heterocycles. The Morgan fingerprint density at radius 2 is 1.07 bits per heavy atom. The third-order valence-corrected chi connectivity index (χ3v) is 12.7. The second-order valence-electron chi connectivity index (χ2n) is 16.8. The summed E-state index contributed by atoms with van der Waals surface area (Å²) >= 11 is 0. The van der Waals surface area contributed by atoms with Gasteiger partial charge in [0.25, 0.3) is 0 Å². The number of nitrogens with zero attached hydrogens (tertiary/aromatic N) is 1. The predicted molar refractivity (Wildman–Crippen MR) is 251 cm³/mol. The van der Waals surface area contributed by atoms with Crippen molar-refractivity contribution in [3.05, 3.63) is 162 Å². The molecule has 0 amide bonds. The van der Waals surface area contributed by atoms with Crippen molar-refractivity contribution in [2.75, 3.05) is 10.2 Å². The lowest BCUT2D eigenvalue weighted by Gasteiger charge is -2.30. The first-order valence-corrected chi connectivity index (χ1v) is 21.0. The summed E-state index contributed by atoms with van der Waals surface area (Å²) in [5.74, 6) is 0.576. The van der Waals surface area contributed by atoms with Gasteiger partial charge in [-0.25, -0.2) is 0 Å². The number of nitrogens with one attached hydrogen (secondary N) is 1. The smallest absolute Gasteiger partial charge is 0.159 e. The van der Waals surface area contributed by atoms with Gasteiger partial charge in [-0.05, 0) is 118 Å². The lowest BCUT2D eigenvalue weighted by Crippen LogP contribution is -2.12. The zero-order valence-electron chi connectivity index (χ0n) is 34.4. The number of hydrogen-bond donors (Lipinski definition) is 1. The van der Waals surface area contributed by atoms with Crippen LogP contribution in [0.15, 0.2) is 148 Å². The molecule has 2 aromatic heterocycles. The van der Waals surface area contributed by atoms with Gasteiger partial charge >= 0.3 is 0 Å². The maximum atomic E-state index is 6.79. The molecule has 0 spiro atoms. The number of para-hydroxylation sites is 4. The largest absolute Gasteiger partial charge is 0.454 e. The average Bonchev–Trinajstić information content (AvgIpc) is 3.83. The topological polar surface area (TPSA) is 41.5 Å². The Balaban J connectivity index is 1.22. The molecule has 1 N–H and O–H groups in total. The zero-order valence-corrected chi connectivity index (χ0v) is 34.4. The fourth-order valence-corrected chi connectivity index (χ4v) is 9.79. The Kier molecular flexibility index (Phi) is 8.03. The molecule has 11 rings (SSSR count). The van der Waals surface area contributed by atoms with Gasteiger partial charge in [0.2, 0.25) is 0 Å². The molecule has 0 saturated carbocycles. The van der Waals surface area contributed by atoms with Crippen molar-refractivity contribution < 1.29 is 8.83 Å². The minimum Gasteiger partial charge on any atom is -0.454 e. The van der Waals surface area contributed by atoms with Crippen LogP contribution in [0.25, 0.3) is 76.2 Å². The van der Waals surface area contributed by atoms with E-state index in [1.165, 1.54) is 54.6 Å². The van der Waals surface area contributed by atoms with Crippen LogP contribution in [-0.2, 0) is 6.42 Å². The van der Waals surface area contributed by atoms with E-state index in [4.69, 9.17) is 8.83 Å². The fraction of sp³-hybridized carbons (Fsp3) is 0.164. The molecule has 0 saturated heterocycles. The second kappa shape index (κ2) is 13.4. The molecule has 0 radical (unpaired) electrons. The molecule has 11 aromatic rings. The van der Waals surface area contributed by atoms with Crippen molar-refractivity contribution >= 4 is 105 Å². The lowest BCUT2D eigenvalue weighted by molar-refractivity contribution is 0.669. The molecule has 0 atom stereocenters. The molecule has 0 aliphatic carbocycles. The van der Waals surface area contributed by atoms with Gasteiger partial charge < -0.3 is 19.1 Å². The molecule has 0 aliphatic rings. The summed E-state index contributed by atoms with van der Waals surface area (Å²) < 4.78 is 13.3. The molecule has 0 bridgehead atoms. The van der Waals surface area contributed by atoms with E-state index in [9.17, 15) is 0 Å². The molecule has 0 fully saturated rings. The zero-order chi connectivity index (χ0) is 40.1. The van der Waals surface area contributed by atoms with Crippen LogP contribution in [0.1, 0.15) is 68.7 Å². The van der Waals surface area contributed by atoms with E-state index in [-0.39, 0.29) is 5.92 Å². The van der Waals surface area contributed by atoms with Gasteiger partial charge in [-0.1, -0.05) is 126 Å². The first-order chi connectivity index (χ1) is 28.8. The number of rotatable bonds is 8. The van der Waals surface area contributed by atoms with Crippen molar-refractivity contribution in [2.24, 2.45) is 0 Å². The quantitative estimate of drug-likeness (QED) is 0.156. The summed E-state index contributed by atoms with van der Waals surface area (Å²) in [5, 5.41) is 16.0. The van der Waals surface area contributed by atoms with Crippen molar-refractivity contribution in [1.82, 2.24) is 0 Å². The van der Waals surface area contributed by atoms with Crippen LogP contribution in [0.2, 0.25) is 0 Å². The molecule has 4 nitrogen and oxygen atoms in total. The van der Waals surface area contributed by atoms with Crippen molar-refractivity contribution in [1.29, 1.82) is 0 Å². The highest BCUT2D eigenvalue weighted by atomic mass is 16.3. The highest BCUT2D eigenvalue weighted by Gasteiger charge is 2.26. The van der Waals surface area contributed by atoms with Crippen LogP contribution in [0.3, 0.4) is 0 Å². The predicted octanol–water partition coefficient (Wildman–Crippen LogP) is 16.7. The van der Waals surface area contributed by atoms with E-state index < -0.39 is 0 Å². The molecular weight excluding hydrogens is 721 g/mol. The highest BCUT2D eigenvalue weighted by Crippen LogP contribution is 2.51. The van der Waals surface area contributed by atoms with Gasteiger partial charge in [0.05, 0.1) is 17.1 Å². The first-order valence-electron chi connectivity index (χ1n) is 21.0. The molecule has 9 aromatic carbocycles. The van der Waals surface area contributed by atoms with E-state index in [2.05, 4.69) is 179 Å². The van der Waals surface area contributed by atoms with Crippen LogP contribution >= 0.6 is 0 Å². The normalized spacial score (nSPS) is 12.3. The van der Waals surface area contributed by atoms with Gasteiger partial charge in [-0.15, -0.1) is 0 Å². The Labute approximate surface area is 344 Å². The fourth-order valence-electron chi connectivity index (χ4n) is 9.79. The van der Waals surface area contributed by atoms with E-state index in [1.54, 1.807) is 0 Å². The van der Waals surface area contributed by atoms with Crippen molar-refractivity contribution in [3.63, 3.8) is 0 Å². The summed E-state index contributed by atoms with van der Waals surface area (Å²) in [4.78, 5) is 2.46.